The highest BCUT2D eigenvalue weighted by atomic mass is 16.2. The van der Waals surface area contributed by atoms with Crippen LogP contribution in [0.2, 0.25) is 0 Å². The summed E-state index contributed by atoms with van der Waals surface area (Å²) in [6.45, 7) is 8.20. The zero-order valence-electron chi connectivity index (χ0n) is 18.0. The van der Waals surface area contributed by atoms with Gasteiger partial charge in [0.05, 0.1) is 17.1 Å². The molecule has 4 aromatic rings. The highest BCUT2D eigenvalue weighted by molar-refractivity contribution is 6.07. The van der Waals surface area contributed by atoms with E-state index in [2.05, 4.69) is 36.4 Å². The first-order chi connectivity index (χ1) is 14.8. The van der Waals surface area contributed by atoms with Crippen molar-refractivity contribution in [3.63, 3.8) is 0 Å². The van der Waals surface area contributed by atoms with E-state index in [0.29, 0.717) is 17.2 Å². The van der Waals surface area contributed by atoms with Crippen molar-refractivity contribution in [1.29, 1.82) is 0 Å². The minimum absolute atomic E-state index is 0.0130. The van der Waals surface area contributed by atoms with E-state index in [4.69, 9.17) is 0 Å². The Bertz CT molecular complexity index is 1350. The number of fused-ring (bicyclic) bond motifs is 4. The van der Waals surface area contributed by atoms with Gasteiger partial charge in [0.1, 0.15) is 5.69 Å². The van der Waals surface area contributed by atoms with E-state index in [-0.39, 0.29) is 29.9 Å². The Balaban J connectivity index is 1.55. The molecule has 0 saturated carbocycles. The minimum atomic E-state index is -0.226. The maximum atomic E-state index is 13.2. The minimum Gasteiger partial charge on any atom is -0.346 e. The number of carbonyl (C=O) groups is 2. The molecular formula is C24H25N5O2. The lowest BCUT2D eigenvalue weighted by atomic mass is 10.1. The van der Waals surface area contributed by atoms with Crippen molar-refractivity contribution in [3.05, 3.63) is 59.8 Å². The average molecular weight is 415 g/mol. The molecule has 2 atom stereocenters. The molecule has 0 aliphatic carbocycles. The largest absolute Gasteiger partial charge is 0.346 e. The summed E-state index contributed by atoms with van der Waals surface area (Å²) in [6, 6.07) is 15.5. The zero-order chi connectivity index (χ0) is 21.9. The normalized spacial score (nSPS) is 18.4. The van der Waals surface area contributed by atoms with Crippen LogP contribution >= 0.6 is 0 Å². The summed E-state index contributed by atoms with van der Waals surface area (Å²) in [6.07, 6.45) is 0. The van der Waals surface area contributed by atoms with Crippen molar-refractivity contribution in [3.8, 4) is 0 Å². The fraction of sp³-hybridized carbons (Fsp3) is 0.292. The van der Waals surface area contributed by atoms with Crippen molar-refractivity contribution < 1.29 is 9.59 Å². The number of aromatic nitrogens is 3. The quantitative estimate of drug-likeness (QED) is 0.516. The van der Waals surface area contributed by atoms with E-state index in [0.717, 1.165) is 21.9 Å². The smallest absolute Gasteiger partial charge is 0.268 e. The van der Waals surface area contributed by atoms with Crippen LogP contribution in [0.3, 0.4) is 0 Å². The Morgan fingerprint density at radius 1 is 1.10 bits per heavy atom. The first kappa shape index (κ1) is 19.4. The Kier molecular flexibility index (Phi) is 4.36. The van der Waals surface area contributed by atoms with Gasteiger partial charge in [-0.05, 0) is 58.0 Å². The van der Waals surface area contributed by atoms with Crippen LogP contribution in [-0.2, 0) is 0 Å². The molecule has 2 N–H and O–H groups in total. The Labute approximate surface area is 180 Å². The van der Waals surface area contributed by atoms with E-state index in [1.165, 1.54) is 0 Å². The van der Waals surface area contributed by atoms with E-state index in [1.807, 2.05) is 58.5 Å². The second-order valence-corrected chi connectivity index (χ2v) is 8.52. The highest BCUT2D eigenvalue weighted by Crippen LogP contribution is 2.30. The number of para-hydroxylation sites is 2. The SMILES string of the molecule is CC(C)n1c(NC(=O)c2ccc3cc4n(c3c2)[C@H](C)[C@H](C)NC4=O)nc2ccccc21. The lowest BCUT2D eigenvalue weighted by molar-refractivity contribution is 0.0891. The summed E-state index contributed by atoms with van der Waals surface area (Å²) in [5.74, 6) is 0.217. The molecule has 7 heteroatoms. The zero-order valence-corrected chi connectivity index (χ0v) is 18.0. The van der Waals surface area contributed by atoms with Gasteiger partial charge in [-0.3, -0.25) is 14.9 Å². The second-order valence-electron chi connectivity index (χ2n) is 8.52. The molecule has 0 unspecified atom stereocenters. The van der Waals surface area contributed by atoms with Crippen LogP contribution in [-0.4, -0.2) is 32.0 Å². The van der Waals surface area contributed by atoms with Crippen LogP contribution < -0.4 is 10.6 Å². The molecule has 31 heavy (non-hydrogen) atoms. The summed E-state index contributed by atoms with van der Waals surface area (Å²) in [4.78, 5) is 30.2. The molecule has 0 bridgehead atoms. The van der Waals surface area contributed by atoms with Crippen LogP contribution in [0.4, 0.5) is 5.95 Å². The van der Waals surface area contributed by atoms with Crippen LogP contribution in [0.1, 0.15) is 60.6 Å². The standard InChI is InChI=1S/C24H25N5O2/c1-13(2)28-19-8-6-5-7-18(19)26-24(28)27-22(30)17-10-9-16-11-21-23(31)25-14(3)15(4)29(21)20(16)12-17/h5-15H,1-4H3,(H,25,31)(H,26,27,30)/t14-,15+/m0/s1. The van der Waals surface area contributed by atoms with E-state index >= 15 is 0 Å². The van der Waals surface area contributed by atoms with Gasteiger partial charge >= 0.3 is 0 Å². The molecule has 2 amide bonds. The van der Waals surface area contributed by atoms with E-state index in [1.54, 1.807) is 6.07 Å². The van der Waals surface area contributed by atoms with Crippen LogP contribution in [0.25, 0.3) is 21.9 Å². The fourth-order valence-electron chi connectivity index (χ4n) is 4.43. The molecule has 0 saturated heterocycles. The van der Waals surface area contributed by atoms with Crippen LogP contribution in [0, 0.1) is 0 Å². The molecule has 1 aliphatic heterocycles. The Hall–Kier alpha value is -3.61. The lowest BCUT2D eigenvalue weighted by Gasteiger charge is -2.30. The number of nitrogens with zero attached hydrogens (tertiary/aromatic N) is 3. The molecular weight excluding hydrogens is 390 g/mol. The number of benzene rings is 2. The number of hydrogen-bond acceptors (Lipinski definition) is 3. The van der Waals surface area contributed by atoms with Gasteiger partial charge in [-0.15, -0.1) is 0 Å². The Morgan fingerprint density at radius 3 is 2.65 bits per heavy atom. The molecule has 0 fully saturated rings. The summed E-state index contributed by atoms with van der Waals surface area (Å²) in [5, 5.41) is 6.93. The summed E-state index contributed by atoms with van der Waals surface area (Å²) >= 11 is 0. The number of carbonyl (C=O) groups excluding carboxylic acids is 2. The summed E-state index contributed by atoms with van der Waals surface area (Å²) in [5.41, 5.74) is 3.87. The van der Waals surface area contributed by atoms with Gasteiger partial charge in [-0.25, -0.2) is 4.98 Å². The number of anilines is 1. The first-order valence-corrected chi connectivity index (χ1v) is 10.6. The maximum Gasteiger partial charge on any atom is 0.268 e. The van der Waals surface area contributed by atoms with Crippen molar-refractivity contribution >= 4 is 39.7 Å². The van der Waals surface area contributed by atoms with Crippen molar-refractivity contribution in [1.82, 2.24) is 19.4 Å². The number of hydrogen-bond donors (Lipinski definition) is 2. The molecule has 5 rings (SSSR count). The third-order valence-electron chi connectivity index (χ3n) is 6.16. The lowest BCUT2D eigenvalue weighted by Crippen LogP contribution is -2.44. The third-order valence-corrected chi connectivity index (χ3v) is 6.16. The van der Waals surface area contributed by atoms with Crippen LogP contribution in [0.15, 0.2) is 48.5 Å². The van der Waals surface area contributed by atoms with Crippen molar-refractivity contribution in [2.24, 2.45) is 0 Å². The first-order valence-electron chi connectivity index (χ1n) is 10.6. The van der Waals surface area contributed by atoms with Gasteiger partial charge in [-0.2, -0.15) is 0 Å². The monoisotopic (exact) mass is 415 g/mol. The number of imidazole rings is 1. The predicted octanol–water partition coefficient (Wildman–Crippen LogP) is 4.52. The summed E-state index contributed by atoms with van der Waals surface area (Å²) < 4.78 is 4.05. The van der Waals surface area contributed by atoms with Gasteiger partial charge < -0.3 is 14.5 Å². The van der Waals surface area contributed by atoms with Gasteiger partial charge in [0.25, 0.3) is 11.8 Å². The molecule has 2 aromatic heterocycles. The number of nitrogens with one attached hydrogen (secondary N) is 2. The topological polar surface area (TPSA) is 81.0 Å². The molecule has 7 nitrogen and oxygen atoms in total. The Morgan fingerprint density at radius 2 is 1.87 bits per heavy atom. The molecule has 0 spiro atoms. The molecule has 0 radical (unpaired) electrons. The van der Waals surface area contributed by atoms with Crippen molar-refractivity contribution in [2.75, 3.05) is 5.32 Å². The molecule has 158 valence electrons. The second kappa shape index (κ2) is 6.97. The highest BCUT2D eigenvalue weighted by Gasteiger charge is 2.29. The number of amides is 2. The number of rotatable bonds is 3. The van der Waals surface area contributed by atoms with Gasteiger partial charge in [0.2, 0.25) is 5.95 Å². The van der Waals surface area contributed by atoms with Crippen molar-refractivity contribution in [2.45, 2.75) is 45.8 Å². The molecule has 3 heterocycles. The van der Waals surface area contributed by atoms with Gasteiger partial charge in [0, 0.05) is 28.6 Å². The van der Waals surface area contributed by atoms with Crippen LogP contribution in [0.5, 0.6) is 0 Å². The van der Waals surface area contributed by atoms with E-state index < -0.39 is 0 Å². The molecule has 1 aliphatic rings. The van der Waals surface area contributed by atoms with E-state index in [9.17, 15) is 9.59 Å². The van der Waals surface area contributed by atoms with Gasteiger partial charge in [-0.1, -0.05) is 18.2 Å². The summed E-state index contributed by atoms with van der Waals surface area (Å²) in [7, 11) is 0. The van der Waals surface area contributed by atoms with Gasteiger partial charge in [0.15, 0.2) is 0 Å². The predicted molar refractivity (Wildman–Crippen MR) is 122 cm³/mol. The third kappa shape index (κ3) is 3.00. The average Bonchev–Trinajstić information content (AvgIpc) is 3.30. The molecule has 2 aromatic carbocycles. The maximum absolute atomic E-state index is 13.2. The fourth-order valence-corrected chi connectivity index (χ4v) is 4.43.